The van der Waals surface area contributed by atoms with E-state index in [2.05, 4.69) is 4.90 Å². The fraction of sp³-hybridized carbons (Fsp3) is 0.364. The highest BCUT2D eigenvalue weighted by molar-refractivity contribution is 7.13. The number of hydrogen-bond donors (Lipinski definition) is 0. The number of morpholine rings is 1. The molecule has 2 aliphatic heterocycles. The number of rotatable bonds is 4. The van der Waals surface area contributed by atoms with Crippen LogP contribution in [0, 0.1) is 6.92 Å². The van der Waals surface area contributed by atoms with E-state index in [9.17, 15) is 4.79 Å². The summed E-state index contributed by atoms with van der Waals surface area (Å²) < 4.78 is 17.4. The summed E-state index contributed by atoms with van der Waals surface area (Å²) in [4.78, 5) is 22.8. The number of anilines is 1. The summed E-state index contributed by atoms with van der Waals surface area (Å²) in [5.74, 6) is 2.15. The Hall–Kier alpha value is -2.84. The molecule has 1 fully saturated rings. The van der Waals surface area contributed by atoms with Crippen LogP contribution in [0.2, 0.25) is 0 Å². The Morgan fingerprint density at radius 3 is 2.83 bits per heavy atom. The molecular weight excluding hydrogens is 402 g/mol. The van der Waals surface area contributed by atoms with Crippen molar-refractivity contribution in [1.82, 2.24) is 9.88 Å². The molecule has 0 bridgehead atoms. The standard InChI is InChI=1S/C22H23N3O4S/c1-15-16(23-21(28-15)20-7-4-12-30-20)13-25-14-19(22(26)24-8-10-27-11-9-24)29-18-6-3-2-5-17(18)25/h2-7,12,19H,8-11,13-14H2,1H3/t19-/m1/s1. The summed E-state index contributed by atoms with van der Waals surface area (Å²) in [6.07, 6.45) is -0.554. The van der Waals surface area contributed by atoms with E-state index in [1.54, 1.807) is 11.3 Å². The number of ether oxygens (including phenoxy) is 2. The Labute approximate surface area is 178 Å². The number of carbonyl (C=O) groups excluding carboxylic acids is 1. The van der Waals surface area contributed by atoms with Crippen LogP contribution >= 0.6 is 11.3 Å². The van der Waals surface area contributed by atoms with Gasteiger partial charge < -0.3 is 23.7 Å². The number of hydrogen-bond acceptors (Lipinski definition) is 7. The van der Waals surface area contributed by atoms with E-state index < -0.39 is 6.10 Å². The number of fused-ring (bicyclic) bond motifs is 1. The van der Waals surface area contributed by atoms with Crippen molar-refractivity contribution in [2.45, 2.75) is 19.6 Å². The molecule has 0 N–H and O–H groups in total. The van der Waals surface area contributed by atoms with Crippen molar-refractivity contribution in [3.05, 3.63) is 53.2 Å². The van der Waals surface area contributed by atoms with Gasteiger partial charge in [-0.2, -0.15) is 0 Å². The van der Waals surface area contributed by atoms with Gasteiger partial charge in [0, 0.05) is 13.1 Å². The molecule has 0 aliphatic carbocycles. The Morgan fingerprint density at radius 1 is 1.20 bits per heavy atom. The first-order valence-corrected chi connectivity index (χ1v) is 10.9. The van der Waals surface area contributed by atoms with Crippen LogP contribution in [0.1, 0.15) is 11.5 Å². The van der Waals surface area contributed by atoms with Gasteiger partial charge in [-0.05, 0) is 30.5 Å². The Balaban J connectivity index is 1.40. The second-order valence-corrected chi connectivity index (χ2v) is 8.34. The topological polar surface area (TPSA) is 68.0 Å². The van der Waals surface area contributed by atoms with Crippen molar-refractivity contribution >= 4 is 22.9 Å². The van der Waals surface area contributed by atoms with Crippen LogP contribution in [0.25, 0.3) is 10.8 Å². The number of aromatic nitrogens is 1. The second-order valence-electron chi connectivity index (χ2n) is 7.39. The third-order valence-corrected chi connectivity index (χ3v) is 6.28. The third kappa shape index (κ3) is 3.68. The maximum absolute atomic E-state index is 13.1. The maximum Gasteiger partial charge on any atom is 0.265 e. The van der Waals surface area contributed by atoms with E-state index in [1.165, 1.54) is 0 Å². The fourth-order valence-electron chi connectivity index (χ4n) is 3.83. The maximum atomic E-state index is 13.1. The van der Waals surface area contributed by atoms with Gasteiger partial charge in [-0.15, -0.1) is 11.3 Å². The number of oxazole rings is 1. The average Bonchev–Trinajstić information content (AvgIpc) is 3.44. The van der Waals surface area contributed by atoms with Gasteiger partial charge in [0.2, 0.25) is 5.89 Å². The lowest BCUT2D eigenvalue weighted by atomic mass is 10.1. The van der Waals surface area contributed by atoms with Gasteiger partial charge >= 0.3 is 0 Å². The van der Waals surface area contributed by atoms with Crippen LogP contribution in [0.3, 0.4) is 0 Å². The number of amides is 1. The molecule has 1 saturated heterocycles. The molecule has 1 amide bonds. The van der Waals surface area contributed by atoms with Crippen LogP contribution in [0.4, 0.5) is 5.69 Å². The van der Waals surface area contributed by atoms with E-state index in [-0.39, 0.29) is 5.91 Å². The van der Waals surface area contributed by atoms with Crippen LogP contribution in [0.5, 0.6) is 5.75 Å². The predicted octanol–water partition coefficient (Wildman–Crippen LogP) is 3.34. The van der Waals surface area contributed by atoms with Gasteiger partial charge in [0.1, 0.15) is 17.2 Å². The molecule has 5 rings (SSSR count). The molecule has 3 aromatic rings. The van der Waals surface area contributed by atoms with Crippen LogP contribution in [-0.2, 0) is 16.1 Å². The minimum atomic E-state index is -0.554. The van der Waals surface area contributed by atoms with Crippen molar-refractivity contribution in [3.63, 3.8) is 0 Å². The van der Waals surface area contributed by atoms with E-state index >= 15 is 0 Å². The van der Waals surface area contributed by atoms with Crippen LogP contribution in [-0.4, -0.2) is 54.7 Å². The highest BCUT2D eigenvalue weighted by Gasteiger charge is 2.34. The molecule has 2 aromatic heterocycles. The minimum Gasteiger partial charge on any atom is -0.477 e. The minimum absolute atomic E-state index is 0.00829. The number of aryl methyl sites for hydroxylation is 1. The van der Waals surface area contributed by atoms with E-state index in [4.69, 9.17) is 18.9 Å². The normalized spacial score (nSPS) is 18.8. The molecule has 7 nitrogen and oxygen atoms in total. The zero-order valence-corrected chi connectivity index (χ0v) is 17.6. The molecule has 8 heteroatoms. The number of thiophene rings is 1. The molecule has 0 spiro atoms. The van der Waals surface area contributed by atoms with Gasteiger partial charge in [-0.25, -0.2) is 4.98 Å². The van der Waals surface area contributed by atoms with E-state index in [0.29, 0.717) is 45.3 Å². The van der Waals surface area contributed by atoms with Gasteiger partial charge in [0.05, 0.1) is 36.9 Å². The van der Waals surface area contributed by atoms with Gasteiger partial charge in [0.25, 0.3) is 5.91 Å². The predicted molar refractivity (Wildman–Crippen MR) is 114 cm³/mol. The number of carbonyl (C=O) groups is 1. The average molecular weight is 426 g/mol. The summed E-state index contributed by atoms with van der Waals surface area (Å²) in [5.41, 5.74) is 1.83. The van der Waals surface area contributed by atoms with Crippen LogP contribution < -0.4 is 9.64 Å². The molecule has 0 radical (unpaired) electrons. The van der Waals surface area contributed by atoms with Gasteiger partial charge in [0.15, 0.2) is 6.10 Å². The SMILES string of the molecule is Cc1oc(-c2cccs2)nc1CN1C[C@H](C(=O)N2CCOCC2)Oc2ccccc21. The van der Waals surface area contributed by atoms with E-state index in [1.807, 2.05) is 53.6 Å². The summed E-state index contributed by atoms with van der Waals surface area (Å²) in [6, 6.07) is 11.8. The Kier molecular flexibility index (Phi) is 5.18. The zero-order chi connectivity index (χ0) is 20.5. The highest BCUT2D eigenvalue weighted by atomic mass is 32.1. The fourth-order valence-corrected chi connectivity index (χ4v) is 4.48. The highest BCUT2D eigenvalue weighted by Crippen LogP contribution is 2.35. The molecule has 0 saturated carbocycles. The van der Waals surface area contributed by atoms with Crippen molar-refractivity contribution in [1.29, 1.82) is 0 Å². The second kappa shape index (κ2) is 8.12. The number of benzene rings is 1. The number of nitrogens with zero attached hydrogens (tertiary/aromatic N) is 3. The molecule has 30 heavy (non-hydrogen) atoms. The third-order valence-electron chi connectivity index (χ3n) is 5.42. The summed E-state index contributed by atoms with van der Waals surface area (Å²) in [6.45, 7) is 5.30. The van der Waals surface area contributed by atoms with Gasteiger partial charge in [-0.1, -0.05) is 18.2 Å². The number of para-hydroxylation sites is 2. The van der Waals surface area contributed by atoms with Crippen LogP contribution in [0.15, 0.2) is 46.2 Å². The van der Waals surface area contributed by atoms with Crippen molar-refractivity contribution < 1.29 is 18.7 Å². The Morgan fingerprint density at radius 2 is 2.03 bits per heavy atom. The first kappa shape index (κ1) is 19.1. The summed E-state index contributed by atoms with van der Waals surface area (Å²) in [7, 11) is 0. The first-order chi connectivity index (χ1) is 14.7. The summed E-state index contributed by atoms with van der Waals surface area (Å²) >= 11 is 1.60. The molecule has 0 unspecified atom stereocenters. The molecule has 1 atom stereocenters. The molecular formula is C22H23N3O4S. The zero-order valence-electron chi connectivity index (χ0n) is 16.7. The largest absolute Gasteiger partial charge is 0.477 e. The van der Waals surface area contributed by atoms with E-state index in [0.717, 1.165) is 27.8 Å². The monoisotopic (exact) mass is 425 g/mol. The van der Waals surface area contributed by atoms with Crippen molar-refractivity contribution in [2.75, 3.05) is 37.7 Å². The molecule has 2 aliphatic rings. The molecule has 1 aromatic carbocycles. The smallest absolute Gasteiger partial charge is 0.265 e. The summed E-state index contributed by atoms with van der Waals surface area (Å²) in [5, 5.41) is 2.01. The van der Waals surface area contributed by atoms with Crippen molar-refractivity contribution in [3.8, 4) is 16.5 Å². The van der Waals surface area contributed by atoms with Crippen molar-refractivity contribution in [2.24, 2.45) is 0 Å². The molecule has 156 valence electrons. The lowest BCUT2D eigenvalue weighted by Gasteiger charge is -2.38. The quantitative estimate of drug-likeness (QED) is 0.639. The van der Waals surface area contributed by atoms with Gasteiger partial charge in [-0.3, -0.25) is 4.79 Å². The molecule has 4 heterocycles. The first-order valence-electron chi connectivity index (χ1n) is 10.1. The Bertz CT molecular complexity index is 1030. The lowest BCUT2D eigenvalue weighted by molar-refractivity contribution is -0.142. The lowest BCUT2D eigenvalue weighted by Crippen LogP contribution is -2.52.